The molecule has 1 N–H and O–H groups in total. The van der Waals surface area contributed by atoms with Gasteiger partial charge in [0.15, 0.2) is 0 Å². The van der Waals surface area contributed by atoms with Crippen LogP contribution in [0.5, 0.6) is 5.75 Å². The highest BCUT2D eigenvalue weighted by molar-refractivity contribution is 5.84. The van der Waals surface area contributed by atoms with Gasteiger partial charge in [-0.1, -0.05) is 25.1 Å². The minimum absolute atomic E-state index is 0.486. The fraction of sp³-hybridized carbons (Fsp3) is 0.471. The van der Waals surface area contributed by atoms with E-state index in [1.54, 1.807) is 0 Å². The molecule has 0 spiro atoms. The number of hydrogen-bond donors (Lipinski definition) is 1. The van der Waals surface area contributed by atoms with Gasteiger partial charge >= 0.3 is 0 Å². The highest BCUT2D eigenvalue weighted by Crippen LogP contribution is 2.24. The zero-order chi connectivity index (χ0) is 14.4. The molecule has 1 heterocycles. The van der Waals surface area contributed by atoms with E-state index in [4.69, 9.17) is 4.74 Å². The molecule has 0 saturated carbocycles. The summed E-state index contributed by atoms with van der Waals surface area (Å²) in [5, 5.41) is 4.60. The van der Waals surface area contributed by atoms with Gasteiger partial charge in [0.25, 0.3) is 0 Å². The van der Waals surface area contributed by atoms with E-state index < -0.39 is 0 Å². The number of nitrogens with one attached hydrogen (secondary N) is 1. The fourth-order valence-electron chi connectivity index (χ4n) is 2.17. The number of hydrogen-bond acceptors (Lipinski definition) is 3. The van der Waals surface area contributed by atoms with E-state index in [-0.39, 0.29) is 0 Å². The van der Waals surface area contributed by atoms with Crippen LogP contribution in [-0.4, -0.2) is 24.2 Å². The first-order valence-electron chi connectivity index (χ1n) is 7.43. The third-order valence-electron chi connectivity index (χ3n) is 3.37. The highest BCUT2D eigenvalue weighted by atomic mass is 16.5. The average molecular weight is 272 g/mol. The molecular formula is C17H24N2O. The quantitative estimate of drug-likeness (QED) is 0.834. The summed E-state index contributed by atoms with van der Waals surface area (Å²) in [4.78, 5) is 4.58. The molecule has 1 aromatic heterocycles. The van der Waals surface area contributed by atoms with Gasteiger partial charge < -0.3 is 10.1 Å². The van der Waals surface area contributed by atoms with Gasteiger partial charge in [-0.05, 0) is 45.4 Å². The van der Waals surface area contributed by atoms with Crippen LogP contribution in [0.2, 0.25) is 0 Å². The smallest absolute Gasteiger partial charge is 0.145 e. The normalized spacial score (nSPS) is 12.6. The van der Waals surface area contributed by atoms with Crippen molar-refractivity contribution in [3.05, 3.63) is 36.0 Å². The Labute approximate surface area is 121 Å². The van der Waals surface area contributed by atoms with Crippen molar-refractivity contribution in [2.75, 3.05) is 13.2 Å². The van der Waals surface area contributed by atoms with Crippen molar-refractivity contribution < 1.29 is 4.74 Å². The lowest BCUT2D eigenvalue weighted by atomic mass is 10.2. The van der Waals surface area contributed by atoms with Crippen LogP contribution in [0.25, 0.3) is 10.9 Å². The van der Waals surface area contributed by atoms with E-state index in [0.717, 1.165) is 41.7 Å². The van der Waals surface area contributed by atoms with E-state index in [9.17, 15) is 0 Å². The summed E-state index contributed by atoms with van der Waals surface area (Å²) in [7, 11) is 0. The minimum atomic E-state index is 0.486. The van der Waals surface area contributed by atoms with Gasteiger partial charge in [0.1, 0.15) is 11.3 Å². The fourth-order valence-corrected chi connectivity index (χ4v) is 2.17. The van der Waals surface area contributed by atoms with Crippen molar-refractivity contribution in [1.29, 1.82) is 0 Å². The third kappa shape index (κ3) is 3.94. The topological polar surface area (TPSA) is 34.1 Å². The molecule has 0 aliphatic rings. The summed E-state index contributed by atoms with van der Waals surface area (Å²) in [6.45, 7) is 8.17. The Morgan fingerprint density at radius 3 is 2.90 bits per heavy atom. The van der Waals surface area contributed by atoms with Gasteiger partial charge in [0.2, 0.25) is 0 Å². The van der Waals surface area contributed by atoms with E-state index in [0.29, 0.717) is 12.6 Å². The largest absolute Gasteiger partial charge is 0.491 e. The molecule has 1 atom stereocenters. The predicted molar refractivity (Wildman–Crippen MR) is 84.3 cm³/mol. The van der Waals surface area contributed by atoms with Crippen molar-refractivity contribution in [1.82, 2.24) is 10.3 Å². The molecular weight excluding hydrogens is 248 g/mol. The monoisotopic (exact) mass is 272 g/mol. The molecule has 0 aliphatic heterocycles. The molecule has 20 heavy (non-hydrogen) atoms. The molecule has 2 rings (SSSR count). The lowest BCUT2D eigenvalue weighted by Crippen LogP contribution is -2.28. The maximum Gasteiger partial charge on any atom is 0.145 e. The molecule has 1 unspecified atom stereocenters. The molecule has 1 aromatic carbocycles. The van der Waals surface area contributed by atoms with Crippen LogP contribution in [0, 0.1) is 6.92 Å². The zero-order valence-electron chi connectivity index (χ0n) is 12.6. The van der Waals surface area contributed by atoms with Crippen LogP contribution in [-0.2, 0) is 0 Å². The highest BCUT2D eigenvalue weighted by Gasteiger charge is 2.05. The molecule has 0 saturated heterocycles. The Kier molecular flexibility index (Phi) is 5.36. The molecule has 108 valence electrons. The van der Waals surface area contributed by atoms with Gasteiger partial charge in [-0.15, -0.1) is 0 Å². The Balaban J connectivity index is 1.98. The SMILES string of the molecule is CCCNC(C)CCOc1cccc2ccc(C)nc12. The predicted octanol–water partition coefficient (Wildman–Crippen LogP) is 3.70. The number of rotatable bonds is 7. The van der Waals surface area contributed by atoms with Crippen LogP contribution in [0.4, 0.5) is 0 Å². The van der Waals surface area contributed by atoms with Gasteiger partial charge in [-0.3, -0.25) is 0 Å². The molecule has 2 aromatic rings. The lowest BCUT2D eigenvalue weighted by Gasteiger charge is -2.14. The van der Waals surface area contributed by atoms with Crippen molar-refractivity contribution in [2.24, 2.45) is 0 Å². The van der Waals surface area contributed by atoms with Gasteiger partial charge in [-0.2, -0.15) is 0 Å². The number of benzene rings is 1. The van der Waals surface area contributed by atoms with Crippen molar-refractivity contribution in [3.8, 4) is 5.75 Å². The van der Waals surface area contributed by atoms with Crippen LogP contribution in [0.1, 0.15) is 32.4 Å². The van der Waals surface area contributed by atoms with Gasteiger partial charge in [-0.25, -0.2) is 4.98 Å². The van der Waals surface area contributed by atoms with Crippen LogP contribution >= 0.6 is 0 Å². The van der Waals surface area contributed by atoms with E-state index in [2.05, 4.69) is 36.3 Å². The van der Waals surface area contributed by atoms with Crippen molar-refractivity contribution in [3.63, 3.8) is 0 Å². The first-order chi connectivity index (χ1) is 9.70. The third-order valence-corrected chi connectivity index (χ3v) is 3.37. The second-order valence-electron chi connectivity index (χ2n) is 5.27. The number of pyridine rings is 1. The number of aromatic nitrogens is 1. The number of fused-ring (bicyclic) bond motifs is 1. The Hall–Kier alpha value is -1.61. The van der Waals surface area contributed by atoms with E-state index in [1.165, 1.54) is 0 Å². The molecule has 0 radical (unpaired) electrons. The standard InChI is InChI=1S/C17H24N2O/c1-4-11-18-13(2)10-12-20-16-7-5-6-15-9-8-14(3)19-17(15)16/h5-9,13,18H,4,10-12H2,1-3H3. The first-order valence-corrected chi connectivity index (χ1v) is 7.43. The second kappa shape index (κ2) is 7.25. The summed E-state index contributed by atoms with van der Waals surface area (Å²) in [5.41, 5.74) is 1.98. The van der Waals surface area contributed by atoms with Gasteiger partial charge in [0, 0.05) is 17.1 Å². The van der Waals surface area contributed by atoms with Crippen molar-refractivity contribution >= 4 is 10.9 Å². The van der Waals surface area contributed by atoms with Crippen LogP contribution in [0.15, 0.2) is 30.3 Å². The summed E-state index contributed by atoms with van der Waals surface area (Å²) in [5.74, 6) is 0.883. The zero-order valence-corrected chi connectivity index (χ0v) is 12.6. The molecule has 0 bridgehead atoms. The van der Waals surface area contributed by atoms with E-state index >= 15 is 0 Å². The molecule has 0 fully saturated rings. The Morgan fingerprint density at radius 2 is 2.10 bits per heavy atom. The number of ether oxygens (including phenoxy) is 1. The average Bonchev–Trinajstić information content (AvgIpc) is 2.45. The van der Waals surface area contributed by atoms with Crippen molar-refractivity contribution in [2.45, 2.75) is 39.7 Å². The summed E-state index contributed by atoms with van der Waals surface area (Å²) in [6.07, 6.45) is 2.17. The van der Waals surface area contributed by atoms with Crippen LogP contribution < -0.4 is 10.1 Å². The molecule has 3 nitrogen and oxygen atoms in total. The summed E-state index contributed by atoms with van der Waals surface area (Å²) < 4.78 is 5.92. The molecule has 3 heteroatoms. The minimum Gasteiger partial charge on any atom is -0.491 e. The second-order valence-corrected chi connectivity index (χ2v) is 5.27. The summed E-state index contributed by atoms with van der Waals surface area (Å²) >= 11 is 0. The number of para-hydroxylation sites is 1. The number of nitrogens with zero attached hydrogens (tertiary/aromatic N) is 1. The summed E-state index contributed by atoms with van der Waals surface area (Å²) in [6, 6.07) is 10.7. The lowest BCUT2D eigenvalue weighted by molar-refractivity contribution is 0.293. The molecule has 0 aliphatic carbocycles. The number of aryl methyl sites for hydroxylation is 1. The Bertz CT molecular complexity index is 554. The maximum atomic E-state index is 5.92. The van der Waals surface area contributed by atoms with Crippen LogP contribution in [0.3, 0.4) is 0 Å². The van der Waals surface area contributed by atoms with Gasteiger partial charge in [0.05, 0.1) is 6.61 Å². The maximum absolute atomic E-state index is 5.92. The molecule has 0 amide bonds. The first kappa shape index (κ1) is 14.8. The Morgan fingerprint density at radius 1 is 1.25 bits per heavy atom. The van der Waals surface area contributed by atoms with E-state index in [1.807, 2.05) is 25.1 Å².